The zero-order valence-corrected chi connectivity index (χ0v) is 17.7. The van der Waals surface area contributed by atoms with Crippen LogP contribution in [0.4, 0.5) is 10.1 Å². The monoisotopic (exact) mass is 423 g/mol. The number of halogens is 1. The van der Waals surface area contributed by atoms with Gasteiger partial charge in [0.05, 0.1) is 17.4 Å². The van der Waals surface area contributed by atoms with Crippen LogP contribution in [0.15, 0.2) is 64.1 Å². The smallest absolute Gasteiger partial charge is 0.229 e. The summed E-state index contributed by atoms with van der Waals surface area (Å²) in [7, 11) is 0. The second kappa shape index (κ2) is 8.83. The Bertz CT molecular complexity index is 1100. The molecule has 1 amide bonds. The lowest BCUT2D eigenvalue weighted by molar-refractivity contribution is -0.127. The van der Waals surface area contributed by atoms with Crippen molar-refractivity contribution in [2.75, 3.05) is 6.54 Å². The number of aromatic nitrogens is 1. The van der Waals surface area contributed by atoms with E-state index in [0.717, 1.165) is 16.4 Å². The number of aryl methyl sites for hydroxylation is 2. The van der Waals surface area contributed by atoms with Crippen molar-refractivity contribution in [2.24, 2.45) is 4.99 Å². The highest BCUT2D eigenvalue weighted by Gasteiger charge is 2.30. The van der Waals surface area contributed by atoms with E-state index in [1.807, 2.05) is 31.2 Å². The van der Waals surface area contributed by atoms with E-state index in [-0.39, 0.29) is 23.4 Å². The second-order valence-corrected chi connectivity index (χ2v) is 8.67. The first-order chi connectivity index (χ1) is 14.5. The maximum atomic E-state index is 13.9. The first-order valence-corrected chi connectivity index (χ1v) is 10.7. The highest BCUT2D eigenvalue weighted by atomic mass is 32.2. The Labute approximate surface area is 179 Å². The summed E-state index contributed by atoms with van der Waals surface area (Å²) in [6.07, 6.45) is 2.09. The molecule has 0 saturated carbocycles. The fourth-order valence-corrected chi connectivity index (χ4v) is 4.32. The number of benzene rings is 2. The molecule has 0 bridgehead atoms. The second-order valence-electron chi connectivity index (χ2n) is 7.26. The molecule has 1 unspecified atom stereocenters. The molecule has 2 aromatic carbocycles. The first-order valence-electron chi connectivity index (χ1n) is 9.81. The summed E-state index contributed by atoms with van der Waals surface area (Å²) < 4.78 is 19.6. The lowest BCUT2D eigenvalue weighted by Crippen LogP contribution is -2.32. The van der Waals surface area contributed by atoms with Gasteiger partial charge in [0.25, 0.3) is 0 Å². The van der Waals surface area contributed by atoms with Crippen LogP contribution < -0.4 is 0 Å². The molecule has 1 atom stereocenters. The molecule has 1 aliphatic heterocycles. The Morgan fingerprint density at radius 3 is 2.93 bits per heavy atom. The standard InChI is InChI=1S/C23H22FN3O2S/c1-15-6-5-7-17(12-15)26-23-27(14-16(2)30-23)22(28)11-10-21-25-13-20(29-21)18-8-3-4-9-19(18)24/h3-9,12-13,16H,10-11,14H2,1-2H3. The number of nitrogens with zero attached hydrogens (tertiary/aromatic N) is 3. The minimum atomic E-state index is -0.364. The zero-order chi connectivity index (χ0) is 21.1. The summed E-state index contributed by atoms with van der Waals surface area (Å²) in [4.78, 5) is 23.5. The summed E-state index contributed by atoms with van der Waals surface area (Å²) in [5, 5.41) is 1.00. The molecular weight excluding hydrogens is 401 g/mol. The summed E-state index contributed by atoms with van der Waals surface area (Å²) in [5.74, 6) is 0.390. The SMILES string of the molecule is Cc1cccc(N=C2SC(C)CN2C(=O)CCc2ncc(-c3ccccc3F)o2)c1. The van der Waals surface area contributed by atoms with Crippen LogP contribution in [0.5, 0.6) is 0 Å². The normalized spacial score (nSPS) is 17.6. The molecule has 30 heavy (non-hydrogen) atoms. The Morgan fingerprint density at radius 2 is 2.13 bits per heavy atom. The van der Waals surface area contributed by atoms with Gasteiger partial charge in [-0.05, 0) is 36.8 Å². The molecule has 4 rings (SSSR count). The Morgan fingerprint density at radius 1 is 1.30 bits per heavy atom. The molecule has 1 saturated heterocycles. The topological polar surface area (TPSA) is 58.7 Å². The number of hydrogen-bond acceptors (Lipinski definition) is 5. The maximum absolute atomic E-state index is 13.9. The van der Waals surface area contributed by atoms with Gasteiger partial charge in [0.15, 0.2) is 16.8 Å². The van der Waals surface area contributed by atoms with Gasteiger partial charge in [-0.15, -0.1) is 0 Å². The van der Waals surface area contributed by atoms with Gasteiger partial charge in [0.1, 0.15) is 5.82 Å². The molecule has 5 nitrogen and oxygen atoms in total. The third-order valence-electron chi connectivity index (χ3n) is 4.75. The molecule has 0 spiro atoms. The highest BCUT2D eigenvalue weighted by molar-refractivity contribution is 8.14. The summed E-state index contributed by atoms with van der Waals surface area (Å²) in [5.41, 5.74) is 2.33. The summed E-state index contributed by atoms with van der Waals surface area (Å²) in [6.45, 7) is 4.72. The van der Waals surface area contributed by atoms with E-state index in [1.54, 1.807) is 34.9 Å². The minimum absolute atomic E-state index is 0.0242. The van der Waals surface area contributed by atoms with Crippen LogP contribution in [0, 0.1) is 12.7 Å². The number of thioether (sulfide) groups is 1. The predicted molar refractivity (Wildman–Crippen MR) is 117 cm³/mol. The summed E-state index contributed by atoms with van der Waals surface area (Å²) >= 11 is 1.60. The van der Waals surface area contributed by atoms with Crippen molar-refractivity contribution < 1.29 is 13.6 Å². The van der Waals surface area contributed by atoms with Crippen molar-refractivity contribution in [2.45, 2.75) is 31.9 Å². The molecule has 154 valence electrons. The molecule has 1 fully saturated rings. The van der Waals surface area contributed by atoms with Crippen LogP contribution in [0.1, 0.15) is 24.8 Å². The molecule has 0 radical (unpaired) electrons. The van der Waals surface area contributed by atoms with Gasteiger partial charge >= 0.3 is 0 Å². The molecule has 3 aromatic rings. The van der Waals surface area contributed by atoms with Gasteiger partial charge in [-0.2, -0.15) is 0 Å². The Kier molecular flexibility index (Phi) is 5.99. The maximum Gasteiger partial charge on any atom is 0.229 e. The number of carbonyl (C=O) groups excluding carboxylic acids is 1. The molecule has 0 aliphatic carbocycles. The van der Waals surface area contributed by atoms with Gasteiger partial charge in [-0.1, -0.05) is 43.0 Å². The van der Waals surface area contributed by atoms with E-state index < -0.39 is 0 Å². The van der Waals surface area contributed by atoms with E-state index in [1.165, 1.54) is 12.3 Å². The van der Waals surface area contributed by atoms with E-state index >= 15 is 0 Å². The third kappa shape index (κ3) is 4.62. The van der Waals surface area contributed by atoms with Crippen molar-refractivity contribution >= 4 is 28.5 Å². The molecule has 0 N–H and O–H groups in total. The fraction of sp³-hybridized carbons (Fsp3) is 0.261. The lowest BCUT2D eigenvalue weighted by atomic mass is 10.2. The van der Waals surface area contributed by atoms with Crippen molar-refractivity contribution in [1.82, 2.24) is 9.88 Å². The van der Waals surface area contributed by atoms with Crippen LogP contribution in [0.25, 0.3) is 11.3 Å². The molecule has 7 heteroatoms. The largest absolute Gasteiger partial charge is 0.441 e. The number of amides is 1. The zero-order valence-electron chi connectivity index (χ0n) is 16.8. The van der Waals surface area contributed by atoms with Gasteiger partial charge in [-0.25, -0.2) is 14.4 Å². The highest BCUT2D eigenvalue weighted by Crippen LogP contribution is 2.29. The Hall–Kier alpha value is -2.93. The number of rotatable bonds is 5. The number of oxazole rings is 1. The van der Waals surface area contributed by atoms with Crippen molar-refractivity contribution in [1.29, 1.82) is 0 Å². The quantitative estimate of drug-likeness (QED) is 0.553. The predicted octanol–water partition coefficient (Wildman–Crippen LogP) is 5.37. The van der Waals surface area contributed by atoms with Crippen LogP contribution in [0.2, 0.25) is 0 Å². The average molecular weight is 424 g/mol. The molecule has 2 heterocycles. The molecule has 1 aromatic heterocycles. The number of carbonyl (C=O) groups is 1. The van der Waals surface area contributed by atoms with Crippen molar-refractivity contribution in [3.8, 4) is 11.3 Å². The third-order valence-corrected chi connectivity index (χ3v) is 5.82. The van der Waals surface area contributed by atoms with E-state index in [4.69, 9.17) is 4.42 Å². The first kappa shape index (κ1) is 20.3. The number of hydrogen-bond donors (Lipinski definition) is 0. The summed E-state index contributed by atoms with van der Waals surface area (Å²) in [6, 6.07) is 14.3. The van der Waals surface area contributed by atoms with Crippen LogP contribution in [-0.4, -0.2) is 32.8 Å². The van der Waals surface area contributed by atoms with E-state index in [9.17, 15) is 9.18 Å². The van der Waals surface area contributed by atoms with Crippen molar-refractivity contribution in [3.05, 3.63) is 72.0 Å². The lowest BCUT2D eigenvalue weighted by Gasteiger charge is -2.15. The van der Waals surface area contributed by atoms with Crippen LogP contribution >= 0.6 is 11.8 Å². The fourth-order valence-electron chi connectivity index (χ4n) is 3.28. The minimum Gasteiger partial charge on any atom is -0.441 e. The van der Waals surface area contributed by atoms with Gasteiger partial charge in [0.2, 0.25) is 5.91 Å². The van der Waals surface area contributed by atoms with Crippen molar-refractivity contribution in [3.63, 3.8) is 0 Å². The van der Waals surface area contributed by atoms with Crippen LogP contribution in [0.3, 0.4) is 0 Å². The van der Waals surface area contributed by atoms with Gasteiger partial charge in [0, 0.05) is 24.6 Å². The molecular formula is C23H22FN3O2S. The van der Waals surface area contributed by atoms with Gasteiger partial charge in [-0.3, -0.25) is 9.69 Å². The average Bonchev–Trinajstić information content (AvgIpc) is 3.33. The molecule has 1 aliphatic rings. The van der Waals surface area contributed by atoms with E-state index in [0.29, 0.717) is 30.2 Å². The van der Waals surface area contributed by atoms with Crippen LogP contribution in [-0.2, 0) is 11.2 Å². The van der Waals surface area contributed by atoms with Gasteiger partial charge < -0.3 is 4.42 Å². The number of amidine groups is 1. The number of aliphatic imine (C=N–C) groups is 1. The van der Waals surface area contributed by atoms with E-state index in [2.05, 4.69) is 16.9 Å². The Balaban J connectivity index is 1.44.